The second kappa shape index (κ2) is 7.91. The van der Waals surface area contributed by atoms with Gasteiger partial charge in [-0.15, -0.1) is 11.3 Å². The van der Waals surface area contributed by atoms with Crippen LogP contribution in [0.2, 0.25) is 0 Å². The molecule has 0 fully saturated rings. The zero-order chi connectivity index (χ0) is 18.5. The lowest BCUT2D eigenvalue weighted by Crippen LogP contribution is -2.26. The molecule has 12 heteroatoms. The number of anilines is 1. The topological polar surface area (TPSA) is 132 Å². The molecule has 0 aliphatic rings. The van der Waals surface area contributed by atoms with Gasteiger partial charge < -0.3 is 4.74 Å². The summed E-state index contributed by atoms with van der Waals surface area (Å²) >= 11 is 1.14. The number of carbonyl (C=O) groups excluding carboxylic acids is 1. The van der Waals surface area contributed by atoms with Crippen molar-refractivity contribution in [1.29, 1.82) is 0 Å². The first kappa shape index (κ1) is 19.3. The van der Waals surface area contributed by atoms with E-state index < -0.39 is 26.0 Å². The number of hydrogen-bond acceptors (Lipinski definition) is 8. The average molecular weight is 405 g/mol. The van der Waals surface area contributed by atoms with E-state index in [1.807, 2.05) is 0 Å². The minimum atomic E-state index is -3.79. The van der Waals surface area contributed by atoms with Crippen LogP contribution in [0.1, 0.15) is 10.4 Å². The molecule has 0 atom stereocenters. The van der Waals surface area contributed by atoms with Crippen LogP contribution in [0.4, 0.5) is 5.13 Å². The fourth-order valence-corrected chi connectivity index (χ4v) is 3.91. The quantitative estimate of drug-likeness (QED) is 0.487. The first-order chi connectivity index (χ1) is 11.7. The van der Waals surface area contributed by atoms with Crippen molar-refractivity contribution in [3.63, 3.8) is 0 Å². The van der Waals surface area contributed by atoms with E-state index in [0.717, 1.165) is 17.6 Å². The van der Waals surface area contributed by atoms with Crippen LogP contribution in [0, 0.1) is 0 Å². The number of ether oxygens (including phenoxy) is 1. The third kappa shape index (κ3) is 6.08. The van der Waals surface area contributed by atoms with Crippen molar-refractivity contribution in [2.45, 2.75) is 4.90 Å². The van der Waals surface area contributed by atoms with Gasteiger partial charge in [-0.25, -0.2) is 31.3 Å². The maximum absolute atomic E-state index is 12.2. The highest BCUT2D eigenvalue weighted by atomic mass is 32.2. The Kier molecular flexibility index (Phi) is 6.11. The normalized spacial score (nSPS) is 11.9. The van der Waals surface area contributed by atoms with Gasteiger partial charge in [0.25, 0.3) is 10.0 Å². The summed E-state index contributed by atoms with van der Waals surface area (Å²) in [4.78, 5) is 15.6. The Morgan fingerprint density at radius 1 is 1.20 bits per heavy atom. The summed E-state index contributed by atoms with van der Waals surface area (Å²) in [5.41, 5.74) is 0.146. The van der Waals surface area contributed by atoms with Gasteiger partial charge >= 0.3 is 5.97 Å². The van der Waals surface area contributed by atoms with Crippen LogP contribution in [0.25, 0.3) is 0 Å². The molecule has 0 bridgehead atoms. The molecule has 0 unspecified atom stereocenters. The fourth-order valence-electron chi connectivity index (χ4n) is 1.67. The number of sulfonamides is 2. The molecule has 0 saturated heterocycles. The first-order valence-electron chi connectivity index (χ1n) is 6.81. The van der Waals surface area contributed by atoms with Crippen molar-refractivity contribution in [2.24, 2.45) is 0 Å². The average Bonchev–Trinajstić information content (AvgIpc) is 3.03. The fraction of sp³-hybridized carbons (Fsp3) is 0.231. The van der Waals surface area contributed by atoms with Gasteiger partial charge in [-0.05, 0) is 24.3 Å². The molecule has 1 aromatic heterocycles. The van der Waals surface area contributed by atoms with Crippen LogP contribution < -0.4 is 9.44 Å². The molecule has 0 saturated carbocycles. The maximum atomic E-state index is 12.2. The van der Waals surface area contributed by atoms with Crippen LogP contribution in [0.5, 0.6) is 0 Å². The first-order valence-corrected chi connectivity index (χ1v) is 11.1. The van der Waals surface area contributed by atoms with Gasteiger partial charge in [-0.2, -0.15) is 0 Å². The third-order valence-corrected chi connectivity index (χ3v) is 5.65. The minimum Gasteiger partial charge on any atom is -0.461 e. The summed E-state index contributed by atoms with van der Waals surface area (Å²) in [6, 6.07) is 5.15. The lowest BCUT2D eigenvalue weighted by Gasteiger charge is -2.07. The number of hydrogen-bond donors (Lipinski definition) is 2. The molecule has 2 rings (SSSR count). The smallest absolute Gasteiger partial charge is 0.338 e. The van der Waals surface area contributed by atoms with Crippen LogP contribution in [0.15, 0.2) is 40.7 Å². The van der Waals surface area contributed by atoms with E-state index >= 15 is 0 Å². The molecule has 0 amide bonds. The molecule has 9 nitrogen and oxygen atoms in total. The molecule has 25 heavy (non-hydrogen) atoms. The molecule has 1 aromatic carbocycles. The van der Waals surface area contributed by atoms with Gasteiger partial charge in [0.05, 0.1) is 16.7 Å². The zero-order valence-electron chi connectivity index (χ0n) is 13.0. The Balaban J connectivity index is 1.95. The highest BCUT2D eigenvalue weighted by Gasteiger charge is 2.16. The van der Waals surface area contributed by atoms with Crippen LogP contribution >= 0.6 is 11.3 Å². The van der Waals surface area contributed by atoms with Crippen molar-refractivity contribution in [1.82, 2.24) is 9.71 Å². The van der Waals surface area contributed by atoms with Gasteiger partial charge in [0.15, 0.2) is 5.13 Å². The van der Waals surface area contributed by atoms with E-state index in [9.17, 15) is 21.6 Å². The molecule has 0 radical (unpaired) electrons. The monoisotopic (exact) mass is 405 g/mol. The van der Waals surface area contributed by atoms with E-state index in [1.165, 1.54) is 30.5 Å². The Morgan fingerprint density at radius 2 is 1.88 bits per heavy atom. The lowest BCUT2D eigenvalue weighted by molar-refractivity contribution is 0.0513. The summed E-state index contributed by atoms with van der Waals surface area (Å²) in [7, 11) is -7.14. The van der Waals surface area contributed by atoms with Crippen molar-refractivity contribution < 1.29 is 26.4 Å². The van der Waals surface area contributed by atoms with Gasteiger partial charge in [0.2, 0.25) is 10.0 Å². The molecule has 1 heterocycles. The van der Waals surface area contributed by atoms with Gasteiger partial charge in [-0.1, -0.05) is 0 Å². The molecule has 2 N–H and O–H groups in total. The Hall–Kier alpha value is -2.02. The predicted molar refractivity (Wildman–Crippen MR) is 92.5 cm³/mol. The molecule has 136 valence electrons. The highest BCUT2D eigenvalue weighted by molar-refractivity contribution is 7.93. The van der Waals surface area contributed by atoms with Crippen molar-refractivity contribution in [3.05, 3.63) is 41.4 Å². The van der Waals surface area contributed by atoms with Crippen molar-refractivity contribution in [2.75, 3.05) is 24.1 Å². The third-order valence-electron chi connectivity index (χ3n) is 2.75. The van der Waals surface area contributed by atoms with Gasteiger partial charge in [-0.3, -0.25) is 4.72 Å². The van der Waals surface area contributed by atoms with Gasteiger partial charge in [0.1, 0.15) is 6.61 Å². The summed E-state index contributed by atoms with van der Waals surface area (Å²) in [5, 5.41) is 1.87. The second-order valence-corrected chi connectivity index (χ2v) is 9.18. The molecule has 2 aromatic rings. The van der Waals surface area contributed by atoms with Crippen LogP contribution in [0.3, 0.4) is 0 Å². The minimum absolute atomic E-state index is 0.0296. The van der Waals surface area contributed by atoms with E-state index in [-0.39, 0.29) is 28.7 Å². The number of benzene rings is 1. The number of esters is 1. The molecule has 0 aliphatic heterocycles. The van der Waals surface area contributed by atoms with E-state index in [1.54, 1.807) is 5.38 Å². The summed E-state index contributed by atoms with van der Waals surface area (Å²) < 4.78 is 55.5. The zero-order valence-corrected chi connectivity index (χ0v) is 15.4. The number of aromatic nitrogens is 1. The SMILES string of the molecule is CS(=O)(=O)NCCOC(=O)c1ccc(S(=O)(=O)Nc2nccs2)cc1. The lowest BCUT2D eigenvalue weighted by atomic mass is 10.2. The Morgan fingerprint density at radius 3 is 2.44 bits per heavy atom. The van der Waals surface area contributed by atoms with E-state index in [0.29, 0.717) is 0 Å². The molecular formula is C13H15N3O6S3. The Labute approximate surface area is 149 Å². The summed E-state index contributed by atoms with van der Waals surface area (Å²) in [6.45, 7) is -0.188. The predicted octanol–water partition coefficient (Wildman–Crippen LogP) is 0.650. The number of nitrogens with one attached hydrogen (secondary N) is 2. The van der Waals surface area contributed by atoms with Crippen molar-refractivity contribution >= 4 is 42.5 Å². The molecule has 0 spiro atoms. The summed E-state index contributed by atoms with van der Waals surface area (Å²) in [5.74, 6) is -0.688. The second-order valence-electron chi connectivity index (χ2n) is 4.77. The van der Waals surface area contributed by atoms with Gasteiger partial charge in [0, 0.05) is 18.1 Å². The standard InChI is InChI=1S/C13H15N3O6S3/c1-24(18,19)15-6-8-22-12(17)10-2-4-11(5-3-10)25(20,21)16-13-14-7-9-23-13/h2-5,7,9,15H,6,8H2,1H3,(H,14,16). The van der Waals surface area contributed by atoms with E-state index in [2.05, 4.69) is 14.4 Å². The van der Waals surface area contributed by atoms with Crippen LogP contribution in [-0.4, -0.2) is 47.2 Å². The highest BCUT2D eigenvalue weighted by Crippen LogP contribution is 2.18. The van der Waals surface area contributed by atoms with Crippen molar-refractivity contribution in [3.8, 4) is 0 Å². The molecule has 0 aliphatic carbocycles. The molecular weight excluding hydrogens is 390 g/mol. The Bertz CT molecular complexity index is 922. The largest absolute Gasteiger partial charge is 0.461 e. The number of thiazole rings is 1. The number of carbonyl (C=O) groups is 1. The maximum Gasteiger partial charge on any atom is 0.338 e. The number of nitrogens with zero attached hydrogens (tertiary/aromatic N) is 1. The van der Waals surface area contributed by atoms with E-state index in [4.69, 9.17) is 4.74 Å². The summed E-state index contributed by atoms with van der Waals surface area (Å²) in [6.07, 6.45) is 2.47. The number of rotatable bonds is 8. The van der Waals surface area contributed by atoms with Crippen LogP contribution in [-0.2, 0) is 24.8 Å².